The predicted octanol–water partition coefficient (Wildman–Crippen LogP) is 7.89. The van der Waals surface area contributed by atoms with Crippen LogP contribution in [0.4, 0.5) is 10.1 Å². The fraction of sp³-hybridized carbons (Fsp3) is 0.176. The lowest BCUT2D eigenvalue weighted by atomic mass is 9.87. The molecule has 0 spiro atoms. The van der Waals surface area contributed by atoms with Crippen LogP contribution in [0.5, 0.6) is 5.75 Å². The molecule has 5 rings (SSSR count). The van der Waals surface area contributed by atoms with E-state index in [1.807, 2.05) is 12.1 Å². The minimum atomic E-state index is -0.438. The lowest BCUT2D eigenvalue weighted by Gasteiger charge is -2.18. The standard InChI is InChI=1S/C34H30ClFN4O4S/c1-34(2,3)24-8-6-22(7-9-24)19-37-39-33-40(20-28-5-4-16-43-28)32(42)30(45-33)18-23-17-25(35)10-15-29(23)44-21-31(41)38-27-13-11-26(36)12-14-27/h4-19H,20-21H2,1-3H3,(H,38,41)/b30-18-,37-19+,39-33-. The summed E-state index contributed by atoms with van der Waals surface area (Å²) in [5.74, 6) is -0.227. The maximum absolute atomic E-state index is 13.6. The van der Waals surface area contributed by atoms with Gasteiger partial charge in [-0.15, -0.1) is 5.10 Å². The second kappa shape index (κ2) is 14.0. The topological polar surface area (TPSA) is 96.5 Å². The molecule has 2 amide bonds. The number of nitrogens with zero attached hydrogens (tertiary/aromatic N) is 3. The number of rotatable bonds is 9. The molecule has 0 unspecified atom stereocenters. The van der Waals surface area contributed by atoms with Crippen LogP contribution >= 0.6 is 23.4 Å². The smallest absolute Gasteiger partial charge is 0.267 e. The lowest BCUT2D eigenvalue weighted by molar-refractivity contribution is -0.122. The fourth-order valence-electron chi connectivity index (χ4n) is 4.27. The van der Waals surface area contributed by atoms with Crippen LogP contribution in [0.3, 0.4) is 0 Å². The molecule has 45 heavy (non-hydrogen) atoms. The van der Waals surface area contributed by atoms with Gasteiger partial charge in [-0.05, 0) is 89.0 Å². The third-order valence-electron chi connectivity index (χ3n) is 6.65. The Hall–Kier alpha value is -4.67. The van der Waals surface area contributed by atoms with Crippen molar-refractivity contribution >= 4 is 58.3 Å². The molecule has 1 N–H and O–H groups in total. The number of furan rings is 1. The number of nitrogens with one attached hydrogen (secondary N) is 1. The molecular formula is C34H30ClFN4O4S. The number of halogens is 2. The molecule has 1 aromatic heterocycles. The van der Waals surface area contributed by atoms with E-state index in [-0.39, 0.29) is 24.5 Å². The van der Waals surface area contributed by atoms with Gasteiger partial charge < -0.3 is 14.5 Å². The van der Waals surface area contributed by atoms with Crippen LogP contribution in [0.15, 0.2) is 105 Å². The Morgan fingerprint density at radius 3 is 2.53 bits per heavy atom. The van der Waals surface area contributed by atoms with E-state index in [2.05, 4.69) is 48.4 Å². The molecule has 0 saturated carbocycles. The molecule has 1 saturated heterocycles. The Labute approximate surface area is 269 Å². The van der Waals surface area contributed by atoms with Gasteiger partial charge in [0, 0.05) is 16.3 Å². The Bertz CT molecular complexity index is 1760. The van der Waals surface area contributed by atoms with E-state index >= 15 is 0 Å². The van der Waals surface area contributed by atoms with Crippen molar-refractivity contribution < 1.29 is 23.1 Å². The first-order valence-electron chi connectivity index (χ1n) is 14.0. The maximum Gasteiger partial charge on any atom is 0.267 e. The van der Waals surface area contributed by atoms with Crippen molar-refractivity contribution in [1.29, 1.82) is 0 Å². The van der Waals surface area contributed by atoms with Crippen LogP contribution in [0.2, 0.25) is 5.02 Å². The zero-order valence-electron chi connectivity index (χ0n) is 24.8. The minimum Gasteiger partial charge on any atom is -0.483 e. The van der Waals surface area contributed by atoms with Crippen molar-refractivity contribution in [3.8, 4) is 5.75 Å². The molecule has 11 heteroatoms. The third-order valence-corrected chi connectivity index (χ3v) is 7.89. The highest BCUT2D eigenvalue weighted by Crippen LogP contribution is 2.36. The molecule has 4 aromatic rings. The molecule has 0 aliphatic carbocycles. The number of benzene rings is 3. The Kier molecular flexibility index (Phi) is 9.85. The highest BCUT2D eigenvalue weighted by molar-refractivity contribution is 8.18. The van der Waals surface area contributed by atoms with Crippen LogP contribution in [0, 0.1) is 5.82 Å². The van der Waals surface area contributed by atoms with Crippen molar-refractivity contribution in [2.75, 3.05) is 11.9 Å². The van der Waals surface area contributed by atoms with E-state index in [0.717, 1.165) is 17.3 Å². The number of ether oxygens (including phenoxy) is 1. The fourth-order valence-corrected chi connectivity index (χ4v) is 5.38. The Morgan fingerprint density at radius 2 is 1.84 bits per heavy atom. The average Bonchev–Trinajstić information content (AvgIpc) is 3.62. The van der Waals surface area contributed by atoms with Gasteiger partial charge in [0.25, 0.3) is 11.8 Å². The number of carbonyl (C=O) groups is 2. The minimum absolute atomic E-state index is 0.0378. The second-order valence-corrected chi connectivity index (χ2v) is 12.6. The van der Waals surface area contributed by atoms with Crippen molar-refractivity contribution in [3.63, 3.8) is 0 Å². The number of amidine groups is 1. The Balaban J connectivity index is 1.36. The molecule has 3 aromatic carbocycles. The summed E-state index contributed by atoms with van der Waals surface area (Å²) < 4.78 is 24.5. The summed E-state index contributed by atoms with van der Waals surface area (Å²) in [5.41, 5.74) is 3.05. The first-order valence-corrected chi connectivity index (χ1v) is 15.2. The molecular weight excluding hydrogens is 615 g/mol. The molecule has 0 bridgehead atoms. The quantitative estimate of drug-likeness (QED) is 0.114. The summed E-state index contributed by atoms with van der Waals surface area (Å²) in [6, 6.07) is 21.9. The van der Waals surface area contributed by atoms with E-state index in [9.17, 15) is 14.0 Å². The number of hydrogen-bond donors (Lipinski definition) is 1. The molecule has 1 fully saturated rings. The van der Waals surface area contributed by atoms with Crippen LogP contribution < -0.4 is 10.1 Å². The molecule has 8 nitrogen and oxygen atoms in total. The zero-order chi connectivity index (χ0) is 32.0. The van der Waals surface area contributed by atoms with Gasteiger partial charge in [-0.2, -0.15) is 5.10 Å². The van der Waals surface area contributed by atoms with E-state index < -0.39 is 11.7 Å². The van der Waals surface area contributed by atoms with Gasteiger partial charge in [-0.1, -0.05) is 56.6 Å². The van der Waals surface area contributed by atoms with Gasteiger partial charge in [-0.3, -0.25) is 14.5 Å². The van der Waals surface area contributed by atoms with Crippen molar-refractivity contribution in [2.45, 2.75) is 32.7 Å². The SMILES string of the molecule is CC(C)(C)c1ccc(/C=N/N=C2\S/C(=C\c3cc(Cl)ccc3OCC(=O)Nc3ccc(F)cc3)C(=O)N2Cc2ccco2)cc1. The van der Waals surface area contributed by atoms with E-state index in [1.165, 1.54) is 41.0 Å². The van der Waals surface area contributed by atoms with E-state index in [1.54, 1.807) is 42.6 Å². The van der Waals surface area contributed by atoms with Gasteiger partial charge in [0.2, 0.25) is 0 Å². The predicted molar refractivity (Wildman–Crippen MR) is 177 cm³/mol. The number of carbonyl (C=O) groups excluding carboxylic acids is 2. The van der Waals surface area contributed by atoms with E-state index in [0.29, 0.717) is 37.9 Å². The third kappa shape index (κ3) is 8.49. The van der Waals surface area contributed by atoms with Crippen LogP contribution in [-0.4, -0.2) is 34.7 Å². The van der Waals surface area contributed by atoms with E-state index in [4.69, 9.17) is 20.8 Å². The summed E-state index contributed by atoms with van der Waals surface area (Å²) in [6.45, 7) is 6.30. The monoisotopic (exact) mass is 644 g/mol. The number of amides is 2. The number of hydrogen-bond acceptors (Lipinski definition) is 7. The normalized spacial score (nSPS) is 15.4. The maximum atomic E-state index is 13.6. The second-order valence-electron chi connectivity index (χ2n) is 11.1. The summed E-state index contributed by atoms with van der Waals surface area (Å²) in [5, 5.41) is 12.1. The molecule has 230 valence electrons. The van der Waals surface area contributed by atoms with Gasteiger partial charge in [0.1, 0.15) is 17.3 Å². The van der Waals surface area contributed by atoms with Crippen LogP contribution in [0.25, 0.3) is 6.08 Å². The first-order chi connectivity index (χ1) is 21.5. The van der Waals surface area contributed by atoms with Crippen LogP contribution in [0.1, 0.15) is 43.2 Å². The zero-order valence-corrected chi connectivity index (χ0v) is 26.4. The first kappa shape index (κ1) is 31.7. The number of anilines is 1. The van der Waals surface area contributed by atoms with Crippen LogP contribution in [-0.2, 0) is 21.5 Å². The highest BCUT2D eigenvalue weighted by Gasteiger charge is 2.34. The molecule has 0 atom stereocenters. The molecule has 0 radical (unpaired) electrons. The van der Waals surface area contributed by atoms with Crippen molar-refractivity contribution in [3.05, 3.63) is 123 Å². The summed E-state index contributed by atoms with van der Waals surface area (Å²) in [7, 11) is 0. The highest BCUT2D eigenvalue weighted by atomic mass is 35.5. The largest absolute Gasteiger partial charge is 0.483 e. The number of thioether (sulfide) groups is 1. The molecule has 1 aliphatic heterocycles. The summed E-state index contributed by atoms with van der Waals surface area (Å²) in [4.78, 5) is 27.9. The molecule has 2 heterocycles. The van der Waals surface area contributed by atoms with Gasteiger partial charge in [0.15, 0.2) is 11.8 Å². The average molecular weight is 645 g/mol. The van der Waals surface area contributed by atoms with Gasteiger partial charge >= 0.3 is 0 Å². The Morgan fingerprint density at radius 1 is 1.09 bits per heavy atom. The van der Waals surface area contributed by atoms with Crippen molar-refractivity contribution in [1.82, 2.24) is 4.90 Å². The lowest BCUT2D eigenvalue weighted by Crippen LogP contribution is -2.28. The van der Waals surface area contributed by atoms with Crippen molar-refractivity contribution in [2.24, 2.45) is 10.2 Å². The van der Waals surface area contributed by atoms with Gasteiger partial charge in [0.05, 0.1) is 23.9 Å². The summed E-state index contributed by atoms with van der Waals surface area (Å²) in [6.07, 6.45) is 4.81. The molecule has 1 aliphatic rings. The van der Waals surface area contributed by atoms with Gasteiger partial charge in [-0.25, -0.2) is 4.39 Å². The summed E-state index contributed by atoms with van der Waals surface area (Å²) >= 11 is 7.43.